The fraction of sp³-hybridized carbons (Fsp3) is 0.263. The minimum absolute atomic E-state index is 0.258. The number of aryl methyl sites for hydroxylation is 3. The van der Waals surface area contributed by atoms with Crippen LogP contribution >= 0.6 is 0 Å². The number of fused-ring (bicyclic) bond motifs is 2. The van der Waals surface area contributed by atoms with E-state index in [-0.39, 0.29) is 6.54 Å². The number of aromatic nitrogens is 4. The summed E-state index contributed by atoms with van der Waals surface area (Å²) < 4.78 is 9.36. The third kappa shape index (κ3) is 2.52. The van der Waals surface area contributed by atoms with Gasteiger partial charge in [0, 0.05) is 25.5 Å². The Kier molecular flexibility index (Phi) is 3.66. The monoisotopic (exact) mass is 366 g/mol. The number of hydrogen-bond acceptors (Lipinski definition) is 5. The maximum Gasteiger partial charge on any atom is 0.336 e. The molecule has 0 saturated carbocycles. The molecule has 8 heteroatoms. The zero-order chi connectivity index (χ0) is 19.5. The van der Waals surface area contributed by atoms with Gasteiger partial charge in [-0.15, -0.1) is 0 Å². The second-order valence-electron chi connectivity index (χ2n) is 6.77. The van der Waals surface area contributed by atoms with E-state index in [9.17, 15) is 14.4 Å². The highest BCUT2D eigenvalue weighted by Crippen LogP contribution is 2.23. The lowest BCUT2D eigenvalue weighted by atomic mass is 10.0. The Hall–Kier alpha value is -3.42. The summed E-state index contributed by atoms with van der Waals surface area (Å²) in [5.41, 5.74) is 2.63. The molecule has 0 aliphatic carbocycles. The van der Waals surface area contributed by atoms with E-state index in [2.05, 4.69) is 4.98 Å². The van der Waals surface area contributed by atoms with Gasteiger partial charge in [0.25, 0.3) is 5.56 Å². The molecule has 0 fully saturated rings. The molecule has 0 amide bonds. The lowest BCUT2D eigenvalue weighted by Gasteiger charge is -2.10. The number of hydrogen-bond donors (Lipinski definition) is 0. The zero-order valence-electron chi connectivity index (χ0n) is 15.4. The predicted octanol–water partition coefficient (Wildman–Crippen LogP) is 1.21. The first-order valence-corrected chi connectivity index (χ1v) is 8.42. The first-order valence-electron chi connectivity index (χ1n) is 8.42. The second-order valence-corrected chi connectivity index (χ2v) is 6.77. The summed E-state index contributed by atoms with van der Waals surface area (Å²) in [6.07, 6.45) is 1.51. The van der Waals surface area contributed by atoms with E-state index in [4.69, 9.17) is 4.42 Å². The molecule has 0 spiro atoms. The zero-order valence-corrected chi connectivity index (χ0v) is 15.4. The molecule has 27 heavy (non-hydrogen) atoms. The van der Waals surface area contributed by atoms with Crippen molar-refractivity contribution in [1.29, 1.82) is 0 Å². The Bertz CT molecular complexity index is 1400. The van der Waals surface area contributed by atoms with Gasteiger partial charge in [0.1, 0.15) is 5.58 Å². The van der Waals surface area contributed by atoms with Crippen LogP contribution in [0.15, 0.2) is 43.3 Å². The van der Waals surface area contributed by atoms with Crippen molar-refractivity contribution in [2.45, 2.75) is 20.4 Å². The molecule has 0 atom stereocenters. The van der Waals surface area contributed by atoms with E-state index in [0.717, 1.165) is 26.6 Å². The molecule has 8 nitrogen and oxygen atoms in total. The molecule has 4 aromatic rings. The van der Waals surface area contributed by atoms with Crippen LogP contribution in [0.25, 0.3) is 22.1 Å². The van der Waals surface area contributed by atoms with Crippen molar-refractivity contribution >= 4 is 22.1 Å². The number of nitrogens with zero attached hydrogens (tertiary/aromatic N) is 4. The van der Waals surface area contributed by atoms with E-state index in [1.165, 1.54) is 24.0 Å². The molecule has 3 aromatic heterocycles. The molecule has 0 saturated heterocycles. The van der Waals surface area contributed by atoms with Crippen LogP contribution in [0.2, 0.25) is 0 Å². The van der Waals surface area contributed by atoms with E-state index < -0.39 is 16.9 Å². The normalized spacial score (nSPS) is 11.6. The summed E-state index contributed by atoms with van der Waals surface area (Å²) >= 11 is 0. The highest BCUT2D eigenvalue weighted by Gasteiger charge is 2.16. The summed E-state index contributed by atoms with van der Waals surface area (Å²) in [7, 11) is 3.00. The van der Waals surface area contributed by atoms with Crippen LogP contribution in [0.4, 0.5) is 0 Å². The molecular formula is C19H18N4O4. The van der Waals surface area contributed by atoms with Crippen LogP contribution in [-0.4, -0.2) is 18.7 Å². The quantitative estimate of drug-likeness (QED) is 0.497. The van der Waals surface area contributed by atoms with Gasteiger partial charge in [0.05, 0.1) is 12.9 Å². The highest BCUT2D eigenvalue weighted by molar-refractivity contribution is 5.82. The molecule has 138 valence electrons. The first-order chi connectivity index (χ1) is 12.8. The van der Waals surface area contributed by atoms with Gasteiger partial charge in [-0.25, -0.2) is 14.6 Å². The van der Waals surface area contributed by atoms with Crippen molar-refractivity contribution in [3.05, 3.63) is 72.5 Å². The minimum Gasteiger partial charge on any atom is -0.423 e. The molecule has 4 rings (SSSR count). The Morgan fingerprint density at radius 3 is 2.44 bits per heavy atom. The summed E-state index contributed by atoms with van der Waals surface area (Å²) in [6.45, 7) is 4.20. The lowest BCUT2D eigenvalue weighted by molar-refractivity contribution is 0.557. The van der Waals surface area contributed by atoms with Crippen LogP contribution in [0, 0.1) is 13.8 Å². The standard InChI is InChI=1S/C19H18N4O4/c1-10-5-13-12(7-15(24)27-14(13)6-11(10)2)8-23-9-20-17-16(23)18(25)22(4)19(26)21(17)3/h5-7,9H,8H2,1-4H3. The Balaban J connectivity index is 1.99. The largest absolute Gasteiger partial charge is 0.423 e. The summed E-state index contributed by atoms with van der Waals surface area (Å²) in [5.74, 6) is 0. The molecule has 0 aliphatic heterocycles. The lowest BCUT2D eigenvalue weighted by Crippen LogP contribution is -2.37. The number of benzene rings is 1. The third-order valence-electron chi connectivity index (χ3n) is 5.00. The van der Waals surface area contributed by atoms with Gasteiger partial charge >= 0.3 is 11.3 Å². The maximum absolute atomic E-state index is 12.6. The van der Waals surface area contributed by atoms with Crippen LogP contribution in [0.1, 0.15) is 16.7 Å². The highest BCUT2D eigenvalue weighted by atomic mass is 16.4. The molecule has 3 heterocycles. The fourth-order valence-electron chi connectivity index (χ4n) is 3.31. The molecule has 0 radical (unpaired) electrons. The third-order valence-corrected chi connectivity index (χ3v) is 5.00. The summed E-state index contributed by atoms with van der Waals surface area (Å²) in [4.78, 5) is 40.9. The molecule has 0 bridgehead atoms. The van der Waals surface area contributed by atoms with Crippen molar-refractivity contribution in [2.75, 3.05) is 0 Å². The molecule has 0 unspecified atom stereocenters. The van der Waals surface area contributed by atoms with Crippen molar-refractivity contribution in [1.82, 2.24) is 18.7 Å². The van der Waals surface area contributed by atoms with Crippen molar-refractivity contribution in [3.8, 4) is 0 Å². The second kappa shape index (κ2) is 5.80. The van der Waals surface area contributed by atoms with Gasteiger partial charge < -0.3 is 8.98 Å². The Morgan fingerprint density at radius 2 is 1.70 bits per heavy atom. The topological polar surface area (TPSA) is 92.0 Å². The Labute approximate surface area is 152 Å². The van der Waals surface area contributed by atoms with E-state index in [1.54, 1.807) is 11.6 Å². The van der Waals surface area contributed by atoms with Crippen molar-refractivity contribution in [2.24, 2.45) is 14.1 Å². The fourth-order valence-corrected chi connectivity index (χ4v) is 3.31. The van der Waals surface area contributed by atoms with Crippen molar-refractivity contribution in [3.63, 3.8) is 0 Å². The van der Waals surface area contributed by atoms with Crippen LogP contribution in [0.3, 0.4) is 0 Å². The van der Waals surface area contributed by atoms with E-state index in [0.29, 0.717) is 16.7 Å². The average molecular weight is 366 g/mol. The predicted molar refractivity (Wildman–Crippen MR) is 101 cm³/mol. The van der Waals surface area contributed by atoms with Crippen LogP contribution < -0.4 is 16.9 Å². The van der Waals surface area contributed by atoms with Crippen LogP contribution in [0.5, 0.6) is 0 Å². The van der Waals surface area contributed by atoms with Gasteiger partial charge in [-0.3, -0.25) is 13.9 Å². The van der Waals surface area contributed by atoms with Gasteiger partial charge in [0.2, 0.25) is 0 Å². The number of imidazole rings is 1. The smallest absolute Gasteiger partial charge is 0.336 e. The average Bonchev–Trinajstić information content (AvgIpc) is 3.03. The molecular weight excluding hydrogens is 348 g/mol. The van der Waals surface area contributed by atoms with Gasteiger partial charge in [-0.05, 0) is 42.7 Å². The van der Waals surface area contributed by atoms with Gasteiger partial charge in [0.15, 0.2) is 11.2 Å². The maximum atomic E-state index is 12.6. The summed E-state index contributed by atoms with van der Waals surface area (Å²) in [5, 5.41) is 0.807. The first kappa shape index (κ1) is 17.0. The molecule has 0 aliphatic rings. The number of rotatable bonds is 2. The summed E-state index contributed by atoms with van der Waals surface area (Å²) in [6, 6.07) is 5.23. The van der Waals surface area contributed by atoms with E-state index in [1.807, 2.05) is 26.0 Å². The van der Waals surface area contributed by atoms with Gasteiger partial charge in [-0.2, -0.15) is 0 Å². The Morgan fingerprint density at radius 1 is 1.00 bits per heavy atom. The molecule has 0 N–H and O–H groups in total. The SMILES string of the molecule is Cc1cc2oc(=O)cc(Cn3cnc4c3c(=O)n(C)c(=O)n4C)c2cc1C. The van der Waals surface area contributed by atoms with Gasteiger partial charge in [-0.1, -0.05) is 0 Å². The van der Waals surface area contributed by atoms with Crippen LogP contribution in [-0.2, 0) is 20.6 Å². The molecule has 1 aromatic carbocycles. The minimum atomic E-state index is -0.453. The van der Waals surface area contributed by atoms with E-state index >= 15 is 0 Å². The van der Waals surface area contributed by atoms with Crippen molar-refractivity contribution < 1.29 is 4.42 Å².